The summed E-state index contributed by atoms with van der Waals surface area (Å²) in [5.41, 5.74) is 0. The number of methoxy groups -OCH3 is 1. The van der Waals surface area contributed by atoms with Crippen LogP contribution in [0.3, 0.4) is 0 Å². The SMILES string of the molecule is CCOC1=CC(OC(=O)OC)N(O)C1=O. The van der Waals surface area contributed by atoms with Gasteiger partial charge in [-0.3, -0.25) is 10.0 Å². The minimum Gasteiger partial charge on any atom is -0.488 e. The first-order chi connectivity index (χ1) is 7.10. The molecule has 1 amide bonds. The lowest BCUT2D eigenvalue weighted by atomic mass is 10.5. The molecule has 15 heavy (non-hydrogen) atoms. The van der Waals surface area contributed by atoms with Crippen molar-refractivity contribution in [1.29, 1.82) is 0 Å². The molecule has 0 aromatic carbocycles. The maximum Gasteiger partial charge on any atom is 0.510 e. The topological polar surface area (TPSA) is 85.3 Å². The number of ether oxygens (including phenoxy) is 3. The molecule has 0 bridgehead atoms. The molecule has 1 atom stereocenters. The molecule has 1 aliphatic rings. The van der Waals surface area contributed by atoms with E-state index in [-0.39, 0.29) is 17.4 Å². The van der Waals surface area contributed by atoms with Crippen LogP contribution in [-0.2, 0) is 19.0 Å². The van der Waals surface area contributed by atoms with Crippen LogP contribution in [-0.4, -0.2) is 42.3 Å². The van der Waals surface area contributed by atoms with Gasteiger partial charge in [0.1, 0.15) is 0 Å². The molecule has 0 fully saturated rings. The largest absolute Gasteiger partial charge is 0.510 e. The third kappa shape index (κ3) is 2.38. The number of carbonyl (C=O) groups excluding carboxylic acids is 2. The Balaban J connectivity index is 2.67. The Morgan fingerprint density at radius 3 is 2.87 bits per heavy atom. The molecule has 0 saturated heterocycles. The van der Waals surface area contributed by atoms with E-state index < -0.39 is 18.3 Å². The van der Waals surface area contributed by atoms with Crippen LogP contribution in [0.25, 0.3) is 0 Å². The lowest BCUT2D eigenvalue weighted by Gasteiger charge is -2.15. The highest BCUT2D eigenvalue weighted by atomic mass is 16.7. The zero-order valence-corrected chi connectivity index (χ0v) is 8.30. The highest BCUT2D eigenvalue weighted by molar-refractivity contribution is 5.93. The molecule has 1 rings (SSSR count). The molecule has 0 saturated carbocycles. The maximum absolute atomic E-state index is 11.2. The molecule has 1 N–H and O–H groups in total. The molecule has 0 spiro atoms. The van der Waals surface area contributed by atoms with Crippen LogP contribution in [0.2, 0.25) is 0 Å². The van der Waals surface area contributed by atoms with E-state index >= 15 is 0 Å². The third-order valence-corrected chi connectivity index (χ3v) is 1.64. The summed E-state index contributed by atoms with van der Waals surface area (Å²) < 4.78 is 13.7. The minimum atomic E-state index is -1.20. The number of carbonyl (C=O) groups is 2. The van der Waals surface area contributed by atoms with Gasteiger partial charge in [-0.05, 0) is 6.92 Å². The number of hydrogen-bond donors (Lipinski definition) is 1. The predicted molar refractivity (Wildman–Crippen MR) is 45.6 cm³/mol. The van der Waals surface area contributed by atoms with E-state index in [1.807, 2.05) is 0 Å². The summed E-state index contributed by atoms with van der Waals surface area (Å²) in [5.74, 6) is -0.820. The fourth-order valence-corrected chi connectivity index (χ4v) is 0.996. The van der Waals surface area contributed by atoms with Crippen LogP contribution in [0, 0.1) is 0 Å². The van der Waals surface area contributed by atoms with Gasteiger partial charge < -0.3 is 14.2 Å². The first-order valence-corrected chi connectivity index (χ1v) is 4.21. The van der Waals surface area contributed by atoms with E-state index in [4.69, 9.17) is 4.74 Å². The van der Waals surface area contributed by atoms with Crippen molar-refractivity contribution in [1.82, 2.24) is 5.06 Å². The highest BCUT2D eigenvalue weighted by Crippen LogP contribution is 2.18. The monoisotopic (exact) mass is 217 g/mol. The second kappa shape index (κ2) is 4.65. The van der Waals surface area contributed by atoms with Gasteiger partial charge >= 0.3 is 12.1 Å². The van der Waals surface area contributed by atoms with E-state index in [1.54, 1.807) is 6.92 Å². The van der Waals surface area contributed by atoms with E-state index in [2.05, 4.69) is 9.47 Å². The minimum absolute atomic E-state index is 0.0612. The lowest BCUT2D eigenvalue weighted by Crippen LogP contribution is -2.34. The van der Waals surface area contributed by atoms with Gasteiger partial charge in [0.2, 0.25) is 6.23 Å². The van der Waals surface area contributed by atoms with Gasteiger partial charge in [-0.2, -0.15) is 5.06 Å². The Morgan fingerprint density at radius 2 is 2.33 bits per heavy atom. The summed E-state index contributed by atoms with van der Waals surface area (Å²) in [6, 6.07) is 0. The number of rotatable bonds is 3. The van der Waals surface area contributed by atoms with Crippen LogP contribution in [0.4, 0.5) is 4.79 Å². The zero-order valence-electron chi connectivity index (χ0n) is 8.30. The molecule has 1 unspecified atom stereocenters. The third-order valence-electron chi connectivity index (χ3n) is 1.64. The van der Waals surface area contributed by atoms with Gasteiger partial charge in [-0.25, -0.2) is 4.79 Å². The molecular formula is C8H11NO6. The molecule has 84 valence electrons. The van der Waals surface area contributed by atoms with E-state index in [0.29, 0.717) is 0 Å². The van der Waals surface area contributed by atoms with Gasteiger partial charge in [0, 0.05) is 6.08 Å². The van der Waals surface area contributed by atoms with Crippen LogP contribution >= 0.6 is 0 Å². The number of hydroxylamine groups is 2. The van der Waals surface area contributed by atoms with Crippen molar-refractivity contribution in [2.45, 2.75) is 13.2 Å². The first kappa shape index (κ1) is 11.3. The van der Waals surface area contributed by atoms with Gasteiger partial charge in [0.05, 0.1) is 13.7 Å². The molecule has 1 heterocycles. The van der Waals surface area contributed by atoms with Crippen LogP contribution in [0.1, 0.15) is 6.92 Å². The zero-order chi connectivity index (χ0) is 11.4. The Morgan fingerprint density at radius 1 is 1.67 bits per heavy atom. The van der Waals surface area contributed by atoms with Gasteiger partial charge in [-0.15, -0.1) is 0 Å². The van der Waals surface area contributed by atoms with Crippen molar-refractivity contribution in [3.63, 3.8) is 0 Å². The van der Waals surface area contributed by atoms with Gasteiger partial charge in [0.15, 0.2) is 5.76 Å². The fourth-order valence-electron chi connectivity index (χ4n) is 0.996. The Bertz CT molecular complexity index is 300. The summed E-state index contributed by atoms with van der Waals surface area (Å²) in [4.78, 5) is 21.9. The quantitative estimate of drug-likeness (QED) is 0.538. The number of hydrogen-bond acceptors (Lipinski definition) is 6. The van der Waals surface area contributed by atoms with Crippen molar-refractivity contribution in [3.05, 3.63) is 11.8 Å². The second-order valence-electron chi connectivity index (χ2n) is 2.58. The van der Waals surface area contributed by atoms with Crippen LogP contribution in [0.5, 0.6) is 0 Å². The molecule has 7 nitrogen and oxygen atoms in total. The summed E-state index contributed by atoms with van der Waals surface area (Å²) >= 11 is 0. The van der Waals surface area contributed by atoms with E-state index in [9.17, 15) is 14.8 Å². The van der Waals surface area contributed by atoms with Crippen molar-refractivity contribution in [3.8, 4) is 0 Å². The molecule has 0 aliphatic carbocycles. The van der Waals surface area contributed by atoms with Gasteiger partial charge in [-0.1, -0.05) is 0 Å². The number of nitrogens with zero attached hydrogens (tertiary/aromatic N) is 1. The molecule has 0 radical (unpaired) electrons. The highest BCUT2D eigenvalue weighted by Gasteiger charge is 2.35. The smallest absolute Gasteiger partial charge is 0.488 e. The molecule has 1 aliphatic heterocycles. The fraction of sp³-hybridized carbons (Fsp3) is 0.500. The number of amides is 1. The summed E-state index contributed by atoms with van der Waals surface area (Å²) in [5, 5.41) is 9.47. The average Bonchev–Trinajstić information content (AvgIpc) is 2.47. The van der Waals surface area contributed by atoms with Crippen molar-refractivity contribution >= 4 is 12.1 Å². The summed E-state index contributed by atoms with van der Waals surface area (Å²) in [7, 11) is 1.12. The van der Waals surface area contributed by atoms with E-state index in [1.165, 1.54) is 6.08 Å². The molecule has 7 heteroatoms. The van der Waals surface area contributed by atoms with Crippen molar-refractivity contribution in [2.24, 2.45) is 0 Å². The summed E-state index contributed by atoms with van der Waals surface area (Å²) in [6.45, 7) is 1.96. The Kier molecular flexibility index (Phi) is 3.51. The normalized spacial score (nSPS) is 19.9. The maximum atomic E-state index is 11.2. The van der Waals surface area contributed by atoms with Crippen molar-refractivity contribution < 1.29 is 29.0 Å². The second-order valence-corrected chi connectivity index (χ2v) is 2.58. The van der Waals surface area contributed by atoms with Gasteiger partial charge in [0.25, 0.3) is 0 Å². The first-order valence-electron chi connectivity index (χ1n) is 4.21. The van der Waals surface area contributed by atoms with Crippen LogP contribution < -0.4 is 0 Å². The summed E-state index contributed by atoms with van der Waals surface area (Å²) in [6.07, 6.45) is -1.02. The van der Waals surface area contributed by atoms with Crippen molar-refractivity contribution in [2.75, 3.05) is 13.7 Å². The Labute approximate surface area is 85.8 Å². The average molecular weight is 217 g/mol. The van der Waals surface area contributed by atoms with Crippen LogP contribution in [0.15, 0.2) is 11.8 Å². The standard InChI is InChI=1S/C8H11NO6/c1-3-14-5-4-6(9(12)7(5)10)15-8(11)13-2/h4,6,12H,3H2,1-2H3. The van der Waals surface area contributed by atoms with E-state index in [0.717, 1.165) is 7.11 Å². The lowest BCUT2D eigenvalue weighted by molar-refractivity contribution is -0.190. The molecule has 0 aromatic rings. The Hall–Kier alpha value is -1.76. The molecular weight excluding hydrogens is 206 g/mol. The predicted octanol–water partition coefficient (Wildman–Crippen LogP) is 0.247. The molecule has 0 aromatic heterocycles.